The molecule has 1 aliphatic heterocycles. The van der Waals surface area contributed by atoms with Crippen molar-refractivity contribution in [1.29, 1.82) is 0 Å². The summed E-state index contributed by atoms with van der Waals surface area (Å²) in [6.07, 6.45) is 4.11. The lowest BCUT2D eigenvalue weighted by Gasteiger charge is -2.25. The van der Waals surface area contributed by atoms with Crippen molar-refractivity contribution < 1.29 is 0 Å². The average molecular weight is 260 g/mol. The molecule has 1 aromatic heterocycles. The second-order valence-corrected chi connectivity index (χ2v) is 5.97. The van der Waals surface area contributed by atoms with Crippen molar-refractivity contribution in [2.75, 3.05) is 11.4 Å². The van der Waals surface area contributed by atoms with E-state index in [1.165, 1.54) is 25.8 Å². The van der Waals surface area contributed by atoms with E-state index >= 15 is 0 Å². The molecule has 1 saturated carbocycles. The molecule has 0 N–H and O–H groups in total. The van der Waals surface area contributed by atoms with Crippen molar-refractivity contribution in [3.63, 3.8) is 0 Å². The Balaban J connectivity index is 1.84. The molecule has 5 heteroatoms. The first-order valence-corrected chi connectivity index (χ1v) is 6.21. The van der Waals surface area contributed by atoms with Crippen LogP contribution in [0, 0.1) is 5.92 Å². The smallest absolute Gasteiger partial charge is 0.209 e. The van der Waals surface area contributed by atoms with Gasteiger partial charge in [0.1, 0.15) is 0 Å². The zero-order valence-corrected chi connectivity index (χ0v) is 9.51. The second-order valence-electron chi connectivity index (χ2n) is 3.74. The fourth-order valence-corrected chi connectivity index (χ4v) is 3.34. The van der Waals surface area contributed by atoms with Gasteiger partial charge in [-0.15, -0.1) is 10.2 Å². The molecular weight excluding hydrogens is 250 g/mol. The predicted molar refractivity (Wildman–Crippen MR) is 56.1 cm³/mol. The highest BCUT2D eigenvalue weighted by Gasteiger charge is 2.45. The van der Waals surface area contributed by atoms with Gasteiger partial charge in [-0.1, -0.05) is 11.3 Å². The van der Waals surface area contributed by atoms with Gasteiger partial charge in [0.2, 0.25) is 5.13 Å². The number of aromatic nitrogens is 2. The van der Waals surface area contributed by atoms with Crippen molar-refractivity contribution in [3.8, 4) is 0 Å². The van der Waals surface area contributed by atoms with Crippen LogP contribution in [0.3, 0.4) is 0 Å². The van der Waals surface area contributed by atoms with E-state index in [4.69, 9.17) is 0 Å². The van der Waals surface area contributed by atoms with E-state index in [0.29, 0.717) is 0 Å². The molecule has 1 aliphatic carbocycles. The minimum absolute atomic E-state index is 0.786. The van der Waals surface area contributed by atoms with Gasteiger partial charge in [0.05, 0.1) is 0 Å². The number of hydrogen-bond acceptors (Lipinski definition) is 4. The first-order valence-electron chi connectivity index (χ1n) is 4.60. The van der Waals surface area contributed by atoms with Crippen LogP contribution in [0.5, 0.6) is 0 Å². The zero-order chi connectivity index (χ0) is 8.84. The summed E-state index contributed by atoms with van der Waals surface area (Å²) >= 11 is 5.00. The molecule has 0 unspecified atom stereocenters. The first kappa shape index (κ1) is 8.17. The number of rotatable bonds is 1. The Morgan fingerprint density at radius 2 is 2.38 bits per heavy atom. The SMILES string of the molecule is Brc1nnc(N2CCC[C@@H]3C[C@@H]32)s1. The molecule has 2 aliphatic rings. The highest BCUT2D eigenvalue weighted by Crippen LogP contribution is 2.45. The molecule has 1 aromatic rings. The third kappa shape index (κ3) is 1.38. The van der Waals surface area contributed by atoms with Gasteiger partial charge in [0.15, 0.2) is 3.92 Å². The maximum atomic E-state index is 4.16. The third-order valence-electron chi connectivity index (χ3n) is 2.89. The molecule has 2 atom stereocenters. The summed E-state index contributed by atoms with van der Waals surface area (Å²) in [5, 5.41) is 9.25. The van der Waals surface area contributed by atoms with E-state index in [0.717, 1.165) is 21.0 Å². The zero-order valence-electron chi connectivity index (χ0n) is 7.11. The molecule has 0 spiro atoms. The Bertz CT molecular complexity index is 327. The van der Waals surface area contributed by atoms with Crippen LogP contribution in [0.1, 0.15) is 19.3 Å². The molecule has 0 bridgehead atoms. The third-order valence-corrected chi connectivity index (χ3v) is 4.29. The maximum Gasteiger partial charge on any atom is 0.209 e. The van der Waals surface area contributed by atoms with E-state index in [9.17, 15) is 0 Å². The second kappa shape index (κ2) is 2.92. The van der Waals surface area contributed by atoms with E-state index < -0.39 is 0 Å². The fraction of sp³-hybridized carbons (Fsp3) is 0.750. The summed E-state index contributed by atoms with van der Waals surface area (Å²) in [4.78, 5) is 2.43. The molecule has 0 radical (unpaired) electrons. The summed E-state index contributed by atoms with van der Waals surface area (Å²) < 4.78 is 0.894. The minimum Gasteiger partial charge on any atom is -0.343 e. The number of piperidine rings is 1. The van der Waals surface area contributed by atoms with E-state index in [2.05, 4.69) is 31.0 Å². The monoisotopic (exact) mass is 259 g/mol. The molecule has 70 valence electrons. The topological polar surface area (TPSA) is 29.0 Å². The van der Waals surface area contributed by atoms with Crippen LogP contribution in [0.25, 0.3) is 0 Å². The number of nitrogens with zero attached hydrogens (tertiary/aromatic N) is 3. The Hall–Kier alpha value is -0.160. The standard InChI is InChI=1S/C8H10BrN3S/c9-7-10-11-8(13-7)12-3-1-2-5-4-6(5)12/h5-6H,1-4H2/t5-,6+/m1/s1. The fourth-order valence-electron chi connectivity index (χ4n) is 2.17. The van der Waals surface area contributed by atoms with Gasteiger partial charge in [-0.2, -0.15) is 0 Å². The quantitative estimate of drug-likeness (QED) is 0.775. The molecule has 0 aromatic carbocycles. The van der Waals surface area contributed by atoms with Gasteiger partial charge in [-0.25, -0.2) is 0 Å². The van der Waals surface area contributed by atoms with Crippen molar-refractivity contribution in [1.82, 2.24) is 10.2 Å². The highest BCUT2D eigenvalue weighted by molar-refractivity contribution is 9.11. The number of hydrogen-bond donors (Lipinski definition) is 0. The summed E-state index contributed by atoms with van der Waals surface area (Å²) in [5.41, 5.74) is 0. The molecule has 2 heterocycles. The summed E-state index contributed by atoms with van der Waals surface area (Å²) in [7, 11) is 0. The Morgan fingerprint density at radius 1 is 1.46 bits per heavy atom. The Morgan fingerprint density at radius 3 is 3.15 bits per heavy atom. The van der Waals surface area contributed by atoms with Gasteiger partial charge in [0.25, 0.3) is 0 Å². The molecule has 13 heavy (non-hydrogen) atoms. The molecule has 3 nitrogen and oxygen atoms in total. The molecular formula is C8H10BrN3S. The highest BCUT2D eigenvalue weighted by atomic mass is 79.9. The number of halogens is 1. The molecule has 1 saturated heterocycles. The molecule has 3 rings (SSSR count). The summed E-state index contributed by atoms with van der Waals surface area (Å²) in [5.74, 6) is 0.955. The van der Waals surface area contributed by atoms with Crippen molar-refractivity contribution in [2.24, 2.45) is 5.92 Å². The lowest BCUT2D eigenvalue weighted by molar-refractivity contribution is 0.557. The summed E-state index contributed by atoms with van der Waals surface area (Å²) in [6, 6.07) is 0.786. The van der Waals surface area contributed by atoms with Gasteiger partial charge in [0, 0.05) is 12.6 Å². The van der Waals surface area contributed by atoms with Crippen LogP contribution in [0.4, 0.5) is 5.13 Å². The van der Waals surface area contributed by atoms with Crippen molar-refractivity contribution >= 4 is 32.4 Å². The van der Waals surface area contributed by atoms with Crippen LogP contribution in [0.15, 0.2) is 3.92 Å². The number of anilines is 1. The van der Waals surface area contributed by atoms with E-state index in [1.807, 2.05) is 0 Å². The van der Waals surface area contributed by atoms with Gasteiger partial charge < -0.3 is 4.90 Å². The average Bonchev–Trinajstić information content (AvgIpc) is 2.81. The van der Waals surface area contributed by atoms with Crippen LogP contribution >= 0.6 is 27.3 Å². The van der Waals surface area contributed by atoms with E-state index in [1.54, 1.807) is 11.3 Å². The van der Waals surface area contributed by atoms with Crippen LogP contribution in [-0.4, -0.2) is 22.8 Å². The predicted octanol–water partition coefficient (Wildman–Crippen LogP) is 2.29. The van der Waals surface area contributed by atoms with Gasteiger partial charge in [-0.3, -0.25) is 0 Å². The van der Waals surface area contributed by atoms with Gasteiger partial charge in [-0.05, 0) is 41.1 Å². The van der Waals surface area contributed by atoms with Crippen LogP contribution < -0.4 is 4.90 Å². The van der Waals surface area contributed by atoms with Crippen molar-refractivity contribution in [2.45, 2.75) is 25.3 Å². The van der Waals surface area contributed by atoms with E-state index in [-0.39, 0.29) is 0 Å². The van der Waals surface area contributed by atoms with Crippen molar-refractivity contribution in [3.05, 3.63) is 3.92 Å². The first-order chi connectivity index (χ1) is 6.34. The lowest BCUT2D eigenvalue weighted by atomic mass is 10.1. The molecule has 2 fully saturated rings. The van der Waals surface area contributed by atoms with Crippen LogP contribution in [-0.2, 0) is 0 Å². The largest absolute Gasteiger partial charge is 0.343 e. The molecule has 0 amide bonds. The lowest BCUT2D eigenvalue weighted by Crippen LogP contribution is -2.31. The summed E-state index contributed by atoms with van der Waals surface area (Å²) in [6.45, 7) is 1.17. The Labute approximate surface area is 89.3 Å². The van der Waals surface area contributed by atoms with Crippen LogP contribution in [0.2, 0.25) is 0 Å². The normalized spacial score (nSPS) is 31.6. The van der Waals surface area contributed by atoms with Gasteiger partial charge >= 0.3 is 0 Å². The minimum atomic E-state index is 0.786. The number of fused-ring (bicyclic) bond motifs is 1. The Kier molecular flexibility index (Phi) is 1.83. The maximum absolute atomic E-state index is 4.16.